The topological polar surface area (TPSA) is 62.7 Å². The normalized spacial score (nSPS) is 11.1. The van der Waals surface area contributed by atoms with Crippen molar-refractivity contribution in [2.75, 3.05) is 20.7 Å². The third-order valence-corrected chi connectivity index (χ3v) is 2.53. The highest BCUT2D eigenvalue weighted by Gasteiger charge is 2.06. The molecule has 0 unspecified atom stereocenters. The number of guanidine groups is 1. The first kappa shape index (κ1) is 15.9. The van der Waals surface area contributed by atoms with Crippen LogP contribution in [0.4, 0.5) is 8.78 Å². The van der Waals surface area contributed by atoms with E-state index in [1.807, 2.05) is 0 Å². The number of hydrogen-bond donors (Lipinski definition) is 2. The maximum absolute atomic E-state index is 13.4. The van der Waals surface area contributed by atoms with Crippen LogP contribution in [0.2, 0.25) is 0 Å². The summed E-state index contributed by atoms with van der Waals surface area (Å²) in [6.07, 6.45) is 0.186. The van der Waals surface area contributed by atoms with Crippen LogP contribution in [0.5, 0.6) is 0 Å². The number of nitrogens with one attached hydrogen (secondary N) is 2. The van der Waals surface area contributed by atoms with Crippen LogP contribution < -0.4 is 10.6 Å². The monoisotopic (exact) mass is 285 g/mol. The van der Waals surface area contributed by atoms with Gasteiger partial charge in [-0.3, -0.25) is 9.79 Å². The first-order valence-corrected chi connectivity index (χ1v) is 6.02. The van der Waals surface area contributed by atoms with Crippen molar-refractivity contribution < 1.29 is 18.3 Å². The van der Waals surface area contributed by atoms with E-state index >= 15 is 0 Å². The van der Waals surface area contributed by atoms with Gasteiger partial charge in [0.1, 0.15) is 11.6 Å². The Labute approximate surface area is 116 Å². The molecule has 7 heteroatoms. The second-order valence-electron chi connectivity index (χ2n) is 3.91. The molecule has 0 heterocycles. The average Bonchev–Trinajstić information content (AvgIpc) is 2.45. The van der Waals surface area contributed by atoms with E-state index in [-0.39, 0.29) is 24.5 Å². The molecule has 0 aliphatic heterocycles. The van der Waals surface area contributed by atoms with Gasteiger partial charge in [-0.15, -0.1) is 0 Å². The average molecular weight is 285 g/mol. The molecule has 1 aromatic rings. The van der Waals surface area contributed by atoms with Crippen molar-refractivity contribution in [2.24, 2.45) is 4.99 Å². The maximum atomic E-state index is 13.4. The van der Waals surface area contributed by atoms with Crippen molar-refractivity contribution >= 4 is 11.9 Å². The van der Waals surface area contributed by atoms with Gasteiger partial charge in [0.15, 0.2) is 5.96 Å². The minimum Gasteiger partial charge on any atom is -0.469 e. The number of carbonyl (C=O) groups excluding carboxylic acids is 1. The van der Waals surface area contributed by atoms with Gasteiger partial charge in [-0.05, 0) is 18.2 Å². The zero-order valence-electron chi connectivity index (χ0n) is 11.4. The Bertz CT molecular complexity index is 493. The van der Waals surface area contributed by atoms with E-state index < -0.39 is 11.6 Å². The van der Waals surface area contributed by atoms with Gasteiger partial charge in [0, 0.05) is 25.7 Å². The van der Waals surface area contributed by atoms with Crippen LogP contribution in [0.15, 0.2) is 23.2 Å². The molecular formula is C13H17F2N3O2. The van der Waals surface area contributed by atoms with E-state index in [4.69, 9.17) is 0 Å². The molecule has 0 amide bonds. The molecule has 2 N–H and O–H groups in total. The summed E-state index contributed by atoms with van der Waals surface area (Å²) in [4.78, 5) is 14.8. The molecule has 20 heavy (non-hydrogen) atoms. The zero-order chi connectivity index (χ0) is 15.0. The third-order valence-electron chi connectivity index (χ3n) is 2.53. The Morgan fingerprint density at radius 1 is 1.35 bits per heavy atom. The Morgan fingerprint density at radius 3 is 2.75 bits per heavy atom. The summed E-state index contributed by atoms with van der Waals surface area (Å²) in [5.74, 6) is -0.956. The summed E-state index contributed by atoms with van der Waals surface area (Å²) < 4.78 is 30.9. The molecule has 0 spiro atoms. The van der Waals surface area contributed by atoms with Crippen LogP contribution in [0.1, 0.15) is 12.0 Å². The Morgan fingerprint density at radius 2 is 2.10 bits per heavy atom. The minimum atomic E-state index is -0.503. The quantitative estimate of drug-likeness (QED) is 0.485. The Hall–Kier alpha value is -2.18. The van der Waals surface area contributed by atoms with Gasteiger partial charge in [0.25, 0.3) is 0 Å². The molecule has 5 nitrogen and oxygen atoms in total. The summed E-state index contributed by atoms with van der Waals surface area (Å²) >= 11 is 0. The fraction of sp³-hybridized carbons (Fsp3) is 0.385. The number of benzene rings is 1. The maximum Gasteiger partial charge on any atom is 0.307 e. The van der Waals surface area contributed by atoms with Crippen LogP contribution in [-0.2, 0) is 16.1 Å². The standard InChI is InChI=1S/C13H17F2N3O2/c1-16-13(17-6-5-12(19)20-2)18-8-9-7-10(14)3-4-11(9)15/h3-4,7H,5-6,8H2,1-2H3,(H2,16,17,18). The highest BCUT2D eigenvalue weighted by molar-refractivity contribution is 5.80. The van der Waals surface area contributed by atoms with E-state index in [2.05, 4.69) is 20.4 Å². The first-order chi connectivity index (χ1) is 9.56. The third kappa shape index (κ3) is 5.21. The minimum absolute atomic E-state index is 0.0848. The number of ether oxygens (including phenoxy) is 1. The summed E-state index contributed by atoms with van der Waals surface area (Å²) in [7, 11) is 2.84. The van der Waals surface area contributed by atoms with Crippen molar-refractivity contribution in [3.05, 3.63) is 35.4 Å². The highest BCUT2D eigenvalue weighted by Crippen LogP contribution is 2.08. The lowest BCUT2D eigenvalue weighted by Crippen LogP contribution is -2.38. The molecule has 0 aliphatic carbocycles. The lowest BCUT2D eigenvalue weighted by atomic mass is 10.2. The summed E-state index contributed by atoms with van der Waals surface area (Å²) in [6.45, 7) is 0.416. The molecule has 1 rings (SSSR count). The molecule has 0 saturated carbocycles. The van der Waals surface area contributed by atoms with E-state index in [1.165, 1.54) is 14.2 Å². The molecule has 0 bridgehead atoms. The number of methoxy groups -OCH3 is 1. The van der Waals surface area contributed by atoms with Crippen molar-refractivity contribution in [3.8, 4) is 0 Å². The van der Waals surface area contributed by atoms with Gasteiger partial charge < -0.3 is 15.4 Å². The van der Waals surface area contributed by atoms with Gasteiger partial charge in [-0.2, -0.15) is 0 Å². The number of esters is 1. The van der Waals surface area contributed by atoms with Crippen molar-refractivity contribution in [3.63, 3.8) is 0 Å². The van der Waals surface area contributed by atoms with E-state index in [1.54, 1.807) is 0 Å². The van der Waals surface area contributed by atoms with Gasteiger partial charge in [-0.1, -0.05) is 0 Å². The van der Waals surface area contributed by atoms with Crippen molar-refractivity contribution in [1.82, 2.24) is 10.6 Å². The van der Waals surface area contributed by atoms with E-state index in [0.29, 0.717) is 12.5 Å². The van der Waals surface area contributed by atoms with Crippen LogP contribution >= 0.6 is 0 Å². The summed E-state index contributed by atoms with van der Waals surface area (Å²) in [6, 6.07) is 3.24. The smallest absolute Gasteiger partial charge is 0.307 e. The van der Waals surface area contributed by atoms with E-state index in [0.717, 1.165) is 18.2 Å². The Balaban J connectivity index is 2.45. The number of hydrogen-bond acceptors (Lipinski definition) is 3. The molecule has 0 radical (unpaired) electrons. The predicted molar refractivity (Wildman–Crippen MR) is 71.2 cm³/mol. The van der Waals surface area contributed by atoms with Crippen LogP contribution in [-0.4, -0.2) is 32.6 Å². The van der Waals surface area contributed by atoms with Gasteiger partial charge >= 0.3 is 5.97 Å². The SMILES string of the molecule is CN=C(NCCC(=O)OC)NCc1cc(F)ccc1F. The molecule has 0 aliphatic rings. The van der Waals surface area contributed by atoms with Crippen LogP contribution in [0.3, 0.4) is 0 Å². The number of aliphatic imine (C=N–C) groups is 1. The first-order valence-electron chi connectivity index (χ1n) is 6.02. The molecular weight excluding hydrogens is 268 g/mol. The number of carbonyl (C=O) groups is 1. The van der Waals surface area contributed by atoms with Crippen LogP contribution in [0, 0.1) is 11.6 Å². The number of nitrogens with zero attached hydrogens (tertiary/aromatic N) is 1. The predicted octanol–water partition coefficient (Wildman–Crippen LogP) is 1.19. The fourth-order valence-corrected chi connectivity index (χ4v) is 1.46. The van der Waals surface area contributed by atoms with Gasteiger partial charge in [-0.25, -0.2) is 8.78 Å². The molecule has 0 aromatic heterocycles. The summed E-state index contributed by atoms with van der Waals surface area (Å²) in [5.41, 5.74) is 0.195. The zero-order valence-corrected chi connectivity index (χ0v) is 11.4. The second-order valence-corrected chi connectivity index (χ2v) is 3.91. The molecule has 110 valence electrons. The molecule has 0 fully saturated rings. The molecule has 0 atom stereocenters. The molecule has 0 saturated heterocycles. The largest absolute Gasteiger partial charge is 0.469 e. The fourth-order valence-electron chi connectivity index (χ4n) is 1.46. The van der Waals surface area contributed by atoms with E-state index in [9.17, 15) is 13.6 Å². The number of halogens is 2. The second kappa shape index (κ2) is 8.08. The van der Waals surface area contributed by atoms with Gasteiger partial charge in [0.2, 0.25) is 0 Å². The Kier molecular flexibility index (Phi) is 6.42. The van der Waals surface area contributed by atoms with Crippen LogP contribution in [0.25, 0.3) is 0 Å². The van der Waals surface area contributed by atoms with Crippen molar-refractivity contribution in [2.45, 2.75) is 13.0 Å². The summed E-state index contributed by atoms with van der Waals surface area (Å²) in [5, 5.41) is 5.69. The van der Waals surface area contributed by atoms with Crippen molar-refractivity contribution in [1.29, 1.82) is 0 Å². The van der Waals surface area contributed by atoms with Gasteiger partial charge in [0.05, 0.1) is 13.5 Å². The lowest BCUT2D eigenvalue weighted by molar-refractivity contribution is -0.140. The highest BCUT2D eigenvalue weighted by atomic mass is 19.1. The molecule has 1 aromatic carbocycles. The number of rotatable bonds is 5. The lowest BCUT2D eigenvalue weighted by Gasteiger charge is -2.12.